The van der Waals surface area contributed by atoms with Crippen LogP contribution >= 0.6 is 0 Å². The predicted molar refractivity (Wildman–Crippen MR) is 201 cm³/mol. The number of nitrogens with one attached hydrogen (secondary N) is 2. The topological polar surface area (TPSA) is 95.3 Å². The van der Waals surface area contributed by atoms with Gasteiger partial charge in [0.2, 0.25) is 11.8 Å². The minimum Gasteiger partial charge on any atom is -0.444 e. The van der Waals surface area contributed by atoms with Gasteiger partial charge in [0.1, 0.15) is 23.8 Å². The SMILES string of the molecule is CC(C)(C)OC(=O)N1CCc2c(cccc2NC(=O)Cc2ccc(C(F)(F)F)c(F)c2)C1.[C-]#[N+]N1CCc2c(cccc2NC(=O)Cc2ccc(C(F)(F)F)c(F)c2)C1. The molecule has 0 aromatic heterocycles. The summed E-state index contributed by atoms with van der Waals surface area (Å²) in [5.74, 6) is -3.74. The second kappa shape index (κ2) is 17.8. The van der Waals surface area contributed by atoms with Crippen molar-refractivity contribution < 1.29 is 54.2 Å². The Morgan fingerprint density at radius 3 is 1.58 bits per heavy atom. The van der Waals surface area contributed by atoms with Crippen molar-refractivity contribution >= 4 is 29.3 Å². The van der Waals surface area contributed by atoms with Crippen molar-refractivity contribution in [2.45, 2.75) is 77.5 Å². The lowest BCUT2D eigenvalue weighted by molar-refractivity contribution is -0.140. The normalized spacial score (nSPS) is 13.9. The molecule has 0 atom stereocenters. The first kappa shape index (κ1) is 43.9. The van der Waals surface area contributed by atoms with Gasteiger partial charge < -0.3 is 20.3 Å². The number of fused-ring (bicyclic) bond motifs is 2. The standard InChI is InChI=1S/C23H24F4N2O3.C19H15F4N3O/c1-22(2,3)32-21(31)29-10-9-16-15(13-29)5-4-6-19(16)28-20(30)12-14-7-8-17(18(24)11-14)23(25,26)27;1-24-26-8-7-14-13(11-26)3-2-4-17(14)25-18(27)10-12-5-6-15(16(20)9-12)19(21,22)23/h4-8,11H,9-10,12-13H2,1-3H3,(H,28,30);2-6,9H,7-8,10-11H2,(H,25,27). The largest absolute Gasteiger partial charge is 0.444 e. The van der Waals surface area contributed by atoms with Crippen LogP contribution in [0.5, 0.6) is 0 Å². The number of carbonyl (C=O) groups is 3. The van der Waals surface area contributed by atoms with E-state index >= 15 is 0 Å². The number of nitrogens with zero attached hydrogens (tertiary/aromatic N) is 3. The number of benzene rings is 4. The summed E-state index contributed by atoms with van der Waals surface area (Å²) in [6.45, 7) is 14.2. The smallest absolute Gasteiger partial charge is 0.419 e. The lowest BCUT2D eigenvalue weighted by Gasteiger charge is -2.32. The van der Waals surface area contributed by atoms with Gasteiger partial charge in [0.15, 0.2) is 0 Å². The number of carbonyl (C=O) groups excluding carboxylic acids is 3. The lowest BCUT2D eigenvalue weighted by atomic mass is 9.97. The van der Waals surface area contributed by atoms with Gasteiger partial charge in [0.05, 0.1) is 30.5 Å². The van der Waals surface area contributed by atoms with Gasteiger partial charge in [-0.3, -0.25) is 9.59 Å². The van der Waals surface area contributed by atoms with Crippen LogP contribution in [0, 0.1) is 18.2 Å². The van der Waals surface area contributed by atoms with Crippen molar-refractivity contribution in [2.24, 2.45) is 0 Å². The third-order valence-corrected chi connectivity index (χ3v) is 9.26. The van der Waals surface area contributed by atoms with Crippen molar-refractivity contribution in [3.05, 3.63) is 140 Å². The van der Waals surface area contributed by atoms with E-state index < -0.39 is 58.6 Å². The van der Waals surface area contributed by atoms with Crippen LogP contribution < -0.4 is 10.6 Å². The van der Waals surface area contributed by atoms with Gasteiger partial charge in [0, 0.05) is 24.5 Å². The highest BCUT2D eigenvalue weighted by atomic mass is 19.4. The fourth-order valence-corrected chi connectivity index (χ4v) is 6.56. The Labute approximate surface area is 334 Å². The number of amides is 3. The zero-order valence-corrected chi connectivity index (χ0v) is 32.1. The Kier molecular flexibility index (Phi) is 13.2. The summed E-state index contributed by atoms with van der Waals surface area (Å²) >= 11 is 0. The first-order valence-electron chi connectivity index (χ1n) is 18.2. The van der Waals surface area contributed by atoms with Crippen molar-refractivity contribution in [3.63, 3.8) is 0 Å². The predicted octanol–water partition coefficient (Wildman–Crippen LogP) is 9.54. The van der Waals surface area contributed by atoms with E-state index in [1.54, 1.807) is 54.9 Å². The van der Waals surface area contributed by atoms with Crippen LogP contribution in [0.15, 0.2) is 72.8 Å². The third-order valence-electron chi connectivity index (χ3n) is 9.26. The molecule has 59 heavy (non-hydrogen) atoms. The second-order valence-corrected chi connectivity index (χ2v) is 14.9. The Morgan fingerprint density at radius 2 is 1.15 bits per heavy atom. The van der Waals surface area contributed by atoms with Gasteiger partial charge in [-0.05, 0) is 103 Å². The van der Waals surface area contributed by atoms with E-state index in [-0.39, 0.29) is 24.0 Å². The number of halogens is 8. The van der Waals surface area contributed by atoms with E-state index in [1.165, 1.54) is 0 Å². The van der Waals surface area contributed by atoms with Crippen molar-refractivity contribution in [1.29, 1.82) is 0 Å². The summed E-state index contributed by atoms with van der Waals surface area (Å²) in [5, 5.41) is 7.08. The molecule has 2 heterocycles. The molecule has 312 valence electrons. The molecule has 2 aliphatic rings. The first-order chi connectivity index (χ1) is 27.6. The molecule has 4 aromatic carbocycles. The zero-order valence-electron chi connectivity index (χ0n) is 32.1. The maximum absolute atomic E-state index is 13.8. The molecule has 6 rings (SSSR count). The molecule has 4 aromatic rings. The van der Waals surface area contributed by atoms with Gasteiger partial charge in [-0.15, -0.1) is 5.01 Å². The van der Waals surface area contributed by atoms with E-state index in [1.807, 2.05) is 12.1 Å². The minimum atomic E-state index is -4.79. The molecular formula is C42H39F8N5O4. The number of rotatable bonds is 6. The van der Waals surface area contributed by atoms with E-state index in [4.69, 9.17) is 11.3 Å². The number of anilines is 2. The summed E-state index contributed by atoms with van der Waals surface area (Å²) in [6.07, 6.45) is -9.39. The second-order valence-electron chi connectivity index (χ2n) is 14.9. The monoisotopic (exact) mass is 829 g/mol. The van der Waals surface area contributed by atoms with Crippen LogP contribution in [-0.2, 0) is 65.5 Å². The van der Waals surface area contributed by atoms with Crippen LogP contribution in [0.4, 0.5) is 51.3 Å². The maximum Gasteiger partial charge on any atom is 0.419 e. The fraction of sp³-hybridized carbons (Fsp3) is 0.333. The third kappa shape index (κ3) is 11.7. The summed E-state index contributed by atoms with van der Waals surface area (Å²) in [4.78, 5) is 42.0. The summed E-state index contributed by atoms with van der Waals surface area (Å²) < 4.78 is 109. The van der Waals surface area contributed by atoms with Crippen LogP contribution in [-0.4, -0.2) is 46.5 Å². The van der Waals surface area contributed by atoms with Crippen molar-refractivity contribution in [1.82, 2.24) is 9.91 Å². The van der Waals surface area contributed by atoms with Gasteiger partial charge in [0.25, 0.3) is 0 Å². The van der Waals surface area contributed by atoms with Crippen LogP contribution in [0.2, 0.25) is 0 Å². The molecule has 2 N–H and O–H groups in total. The highest BCUT2D eigenvalue weighted by Crippen LogP contribution is 2.34. The van der Waals surface area contributed by atoms with E-state index in [9.17, 15) is 49.5 Å². The summed E-state index contributed by atoms with van der Waals surface area (Å²) in [7, 11) is 0. The summed E-state index contributed by atoms with van der Waals surface area (Å²) in [6, 6.07) is 15.6. The van der Waals surface area contributed by atoms with E-state index in [0.717, 1.165) is 46.5 Å². The van der Waals surface area contributed by atoms with Crippen LogP contribution in [0.1, 0.15) is 65.3 Å². The van der Waals surface area contributed by atoms with Gasteiger partial charge in [-0.25, -0.2) is 13.6 Å². The molecule has 0 fully saturated rings. The number of hydrogen-bond donors (Lipinski definition) is 2. The molecule has 2 aliphatic heterocycles. The molecule has 0 unspecified atom stereocenters. The van der Waals surface area contributed by atoms with Gasteiger partial charge >= 0.3 is 18.4 Å². The molecule has 0 radical (unpaired) electrons. The lowest BCUT2D eigenvalue weighted by Crippen LogP contribution is -2.40. The number of hydrogen-bond acceptors (Lipinski definition) is 5. The van der Waals surface area contributed by atoms with E-state index in [2.05, 4.69) is 15.6 Å². The highest BCUT2D eigenvalue weighted by molar-refractivity contribution is 5.94. The molecule has 0 spiro atoms. The quantitative estimate of drug-likeness (QED) is 0.149. The molecule has 3 amide bonds. The fourth-order valence-electron chi connectivity index (χ4n) is 6.56. The average molecular weight is 830 g/mol. The molecule has 0 aliphatic carbocycles. The minimum absolute atomic E-state index is 0.133. The van der Waals surface area contributed by atoms with Crippen molar-refractivity contribution in [2.75, 3.05) is 23.7 Å². The Bertz CT molecular complexity index is 2260. The van der Waals surface area contributed by atoms with E-state index in [0.29, 0.717) is 62.5 Å². The van der Waals surface area contributed by atoms with Crippen molar-refractivity contribution in [3.8, 4) is 0 Å². The highest BCUT2D eigenvalue weighted by Gasteiger charge is 2.35. The molecule has 0 saturated carbocycles. The van der Waals surface area contributed by atoms with Crippen LogP contribution in [0.25, 0.3) is 4.95 Å². The summed E-state index contributed by atoms with van der Waals surface area (Å²) in [5.41, 5.74) is 1.74. The maximum atomic E-state index is 13.8. The Hall–Kier alpha value is -6.18. The van der Waals surface area contributed by atoms with Gasteiger partial charge in [-0.2, -0.15) is 37.9 Å². The molecular weight excluding hydrogens is 790 g/mol. The molecule has 9 nitrogen and oxygen atoms in total. The number of ether oxygens (including phenoxy) is 1. The Morgan fingerprint density at radius 1 is 0.695 bits per heavy atom. The average Bonchev–Trinajstić information content (AvgIpc) is 3.13. The zero-order chi connectivity index (χ0) is 43.3. The molecule has 0 bridgehead atoms. The van der Waals surface area contributed by atoms with Gasteiger partial charge in [-0.1, -0.05) is 36.4 Å². The molecule has 17 heteroatoms. The molecule has 0 saturated heterocycles. The number of alkyl halides is 6. The Balaban J connectivity index is 0.000000227. The first-order valence-corrected chi connectivity index (χ1v) is 18.2. The van der Waals surface area contributed by atoms with Crippen LogP contribution in [0.3, 0.4) is 0 Å².